The van der Waals surface area contributed by atoms with Crippen molar-refractivity contribution in [3.05, 3.63) is 41.5 Å². The predicted molar refractivity (Wildman–Crippen MR) is 112 cm³/mol. The van der Waals surface area contributed by atoms with Crippen molar-refractivity contribution in [1.29, 1.82) is 0 Å². The Bertz CT molecular complexity index is 653. The first-order valence-corrected chi connectivity index (χ1v) is 11.3. The van der Waals surface area contributed by atoms with Gasteiger partial charge in [0.2, 0.25) is 5.82 Å². The van der Waals surface area contributed by atoms with Gasteiger partial charge in [-0.15, -0.1) is 6.58 Å². The van der Waals surface area contributed by atoms with Gasteiger partial charge in [-0.1, -0.05) is 18.9 Å². The van der Waals surface area contributed by atoms with E-state index in [1.807, 2.05) is 6.92 Å². The molecule has 0 amide bonds. The van der Waals surface area contributed by atoms with E-state index in [4.69, 9.17) is 4.74 Å². The summed E-state index contributed by atoms with van der Waals surface area (Å²) >= 11 is 0. The zero-order valence-corrected chi connectivity index (χ0v) is 17.6. The van der Waals surface area contributed by atoms with Crippen molar-refractivity contribution >= 4 is 0 Å². The van der Waals surface area contributed by atoms with E-state index >= 15 is 0 Å². The molecule has 0 radical (unpaired) electrons. The van der Waals surface area contributed by atoms with Crippen LogP contribution in [0.15, 0.2) is 18.7 Å². The van der Waals surface area contributed by atoms with Crippen molar-refractivity contribution in [2.45, 2.75) is 78.1 Å². The maximum atomic E-state index is 14.5. The van der Waals surface area contributed by atoms with E-state index in [1.165, 1.54) is 51.4 Å². The van der Waals surface area contributed by atoms with Crippen LogP contribution in [-0.4, -0.2) is 6.61 Å². The summed E-state index contributed by atoms with van der Waals surface area (Å²) < 4.78 is 33.9. The van der Waals surface area contributed by atoms with Crippen molar-refractivity contribution < 1.29 is 13.5 Å². The van der Waals surface area contributed by atoms with E-state index in [9.17, 15) is 8.78 Å². The normalized spacial score (nSPS) is 28.1. The molecule has 0 aromatic heterocycles. The maximum Gasteiger partial charge on any atom is 0.200 e. The molecule has 2 fully saturated rings. The molecule has 1 aromatic carbocycles. The molecule has 0 atom stereocenters. The summed E-state index contributed by atoms with van der Waals surface area (Å²) in [6.07, 6.45) is 14.2. The first-order chi connectivity index (χ1) is 13.5. The van der Waals surface area contributed by atoms with Crippen LogP contribution in [-0.2, 0) is 6.42 Å². The number of halogens is 2. The standard InChI is InChI=1S/C25H36F2O/c1-4-18-6-11-20(12-7-18)21-13-8-19(9-14-21)10-15-22-17(3)16-23(28-5-2)25(27)24(22)26/h4,16,18-21H,1,5-15H2,2-3H3. The van der Waals surface area contributed by atoms with Crippen LogP contribution < -0.4 is 4.74 Å². The Hall–Kier alpha value is -1.38. The summed E-state index contributed by atoms with van der Waals surface area (Å²) in [7, 11) is 0. The van der Waals surface area contributed by atoms with Crippen molar-refractivity contribution in [2.75, 3.05) is 6.61 Å². The smallest absolute Gasteiger partial charge is 0.200 e. The minimum atomic E-state index is -0.832. The molecule has 0 saturated heterocycles. The third kappa shape index (κ3) is 4.96. The van der Waals surface area contributed by atoms with Crippen molar-refractivity contribution in [2.24, 2.45) is 23.7 Å². The summed E-state index contributed by atoms with van der Waals surface area (Å²) in [4.78, 5) is 0. The summed E-state index contributed by atoms with van der Waals surface area (Å²) in [6.45, 7) is 7.93. The van der Waals surface area contributed by atoms with Gasteiger partial charge in [-0.25, -0.2) is 4.39 Å². The highest BCUT2D eigenvalue weighted by Gasteiger charge is 2.30. The minimum Gasteiger partial charge on any atom is -0.491 e. The Balaban J connectivity index is 1.49. The zero-order chi connectivity index (χ0) is 20.1. The van der Waals surface area contributed by atoms with E-state index in [1.54, 1.807) is 13.0 Å². The molecule has 1 aromatic rings. The average molecular weight is 391 g/mol. The van der Waals surface area contributed by atoms with Crippen LogP contribution in [0.3, 0.4) is 0 Å². The van der Waals surface area contributed by atoms with Crippen molar-refractivity contribution in [3.8, 4) is 5.75 Å². The number of allylic oxidation sites excluding steroid dienone is 1. The lowest BCUT2D eigenvalue weighted by atomic mass is 9.68. The highest BCUT2D eigenvalue weighted by atomic mass is 19.2. The van der Waals surface area contributed by atoms with Gasteiger partial charge in [0.25, 0.3) is 0 Å². The molecular formula is C25H36F2O. The second-order valence-corrected chi connectivity index (χ2v) is 8.96. The highest BCUT2D eigenvalue weighted by Crippen LogP contribution is 2.42. The quantitative estimate of drug-likeness (QED) is 0.441. The molecule has 0 N–H and O–H groups in total. The molecule has 1 nitrogen and oxygen atoms in total. The van der Waals surface area contributed by atoms with Gasteiger partial charge in [0.05, 0.1) is 6.61 Å². The fourth-order valence-corrected chi connectivity index (χ4v) is 5.48. The lowest BCUT2D eigenvalue weighted by Gasteiger charge is -2.37. The molecule has 0 bridgehead atoms. The number of rotatable bonds is 7. The Morgan fingerprint density at radius 1 is 1.00 bits per heavy atom. The van der Waals surface area contributed by atoms with Gasteiger partial charge in [-0.3, -0.25) is 0 Å². The second kappa shape index (κ2) is 9.89. The Morgan fingerprint density at radius 3 is 2.18 bits per heavy atom. The van der Waals surface area contributed by atoms with Crippen LogP contribution in [0, 0.1) is 42.2 Å². The molecule has 0 unspecified atom stereocenters. The van der Waals surface area contributed by atoms with Crippen molar-refractivity contribution in [1.82, 2.24) is 0 Å². The van der Waals surface area contributed by atoms with E-state index < -0.39 is 11.6 Å². The molecule has 0 aliphatic heterocycles. The van der Waals surface area contributed by atoms with E-state index in [2.05, 4.69) is 12.7 Å². The number of benzene rings is 1. The third-order valence-corrected chi connectivity index (χ3v) is 7.31. The first-order valence-electron chi connectivity index (χ1n) is 11.3. The van der Waals surface area contributed by atoms with Gasteiger partial charge in [-0.05, 0) is 106 Å². The van der Waals surface area contributed by atoms with Crippen LogP contribution in [0.4, 0.5) is 8.78 Å². The lowest BCUT2D eigenvalue weighted by Crippen LogP contribution is -2.25. The lowest BCUT2D eigenvalue weighted by molar-refractivity contribution is 0.152. The third-order valence-electron chi connectivity index (χ3n) is 7.31. The van der Waals surface area contributed by atoms with E-state index in [0.717, 1.165) is 29.7 Å². The van der Waals surface area contributed by atoms with Gasteiger partial charge in [0.15, 0.2) is 11.6 Å². The maximum absolute atomic E-state index is 14.5. The van der Waals surface area contributed by atoms with Gasteiger partial charge < -0.3 is 4.74 Å². The largest absolute Gasteiger partial charge is 0.491 e. The van der Waals surface area contributed by atoms with Crippen LogP contribution in [0.1, 0.15) is 75.8 Å². The molecule has 0 heterocycles. The fourth-order valence-electron chi connectivity index (χ4n) is 5.48. The Kier molecular flexibility index (Phi) is 7.54. The predicted octanol–water partition coefficient (Wildman–Crippen LogP) is 7.40. The SMILES string of the molecule is C=CC1CCC(C2CCC(CCc3c(C)cc(OCC)c(F)c3F)CC2)CC1. The molecule has 0 spiro atoms. The second-order valence-electron chi connectivity index (χ2n) is 8.96. The van der Waals surface area contributed by atoms with Crippen LogP contribution in [0.25, 0.3) is 0 Å². The van der Waals surface area contributed by atoms with Gasteiger partial charge >= 0.3 is 0 Å². The van der Waals surface area contributed by atoms with Gasteiger partial charge in [0, 0.05) is 0 Å². The van der Waals surface area contributed by atoms with Crippen LogP contribution in [0.5, 0.6) is 5.75 Å². The molecule has 2 aliphatic rings. The average Bonchev–Trinajstić information content (AvgIpc) is 2.72. The Morgan fingerprint density at radius 2 is 1.61 bits per heavy atom. The minimum absolute atomic E-state index is 0.0351. The van der Waals surface area contributed by atoms with Crippen LogP contribution >= 0.6 is 0 Å². The topological polar surface area (TPSA) is 9.23 Å². The molecule has 3 heteroatoms. The Labute approximate surface area is 169 Å². The summed E-state index contributed by atoms with van der Waals surface area (Å²) in [5.41, 5.74) is 1.33. The summed E-state index contributed by atoms with van der Waals surface area (Å²) in [5, 5.41) is 0. The zero-order valence-electron chi connectivity index (χ0n) is 17.6. The molecule has 2 saturated carbocycles. The molecule has 156 valence electrons. The summed E-state index contributed by atoms with van der Waals surface area (Å²) in [6, 6.07) is 1.65. The van der Waals surface area contributed by atoms with E-state index in [-0.39, 0.29) is 5.75 Å². The summed E-state index contributed by atoms with van der Waals surface area (Å²) in [5.74, 6) is 1.65. The monoisotopic (exact) mass is 390 g/mol. The molecule has 2 aliphatic carbocycles. The molecule has 3 rings (SSSR count). The van der Waals surface area contributed by atoms with Crippen molar-refractivity contribution in [3.63, 3.8) is 0 Å². The number of ether oxygens (including phenoxy) is 1. The highest BCUT2D eigenvalue weighted by molar-refractivity contribution is 5.38. The van der Waals surface area contributed by atoms with Gasteiger partial charge in [-0.2, -0.15) is 4.39 Å². The first kappa shape index (κ1) is 21.3. The van der Waals surface area contributed by atoms with Gasteiger partial charge in [0.1, 0.15) is 0 Å². The number of hydrogen-bond acceptors (Lipinski definition) is 1. The van der Waals surface area contributed by atoms with Crippen LogP contribution in [0.2, 0.25) is 0 Å². The number of aryl methyl sites for hydroxylation is 1. The van der Waals surface area contributed by atoms with E-state index in [0.29, 0.717) is 24.5 Å². The number of hydrogen-bond donors (Lipinski definition) is 0. The fraction of sp³-hybridized carbons (Fsp3) is 0.680. The molecule has 28 heavy (non-hydrogen) atoms. The molecular weight excluding hydrogens is 354 g/mol.